The summed E-state index contributed by atoms with van der Waals surface area (Å²) in [5, 5.41) is 14.9. The van der Waals surface area contributed by atoms with Crippen LogP contribution in [0, 0.1) is 11.8 Å². The Morgan fingerprint density at radius 1 is 1.32 bits per heavy atom. The minimum Gasteiger partial charge on any atom is -0.493 e. The van der Waals surface area contributed by atoms with Gasteiger partial charge in [-0.3, -0.25) is 0 Å². The van der Waals surface area contributed by atoms with Gasteiger partial charge in [0.1, 0.15) is 5.75 Å². The summed E-state index contributed by atoms with van der Waals surface area (Å²) >= 11 is 0. The molecule has 0 aromatic heterocycles. The van der Waals surface area contributed by atoms with Gasteiger partial charge in [0.2, 0.25) is 0 Å². The number of hydrogen-bond donors (Lipinski definition) is 3. The zero-order chi connectivity index (χ0) is 15.9. The van der Waals surface area contributed by atoms with Gasteiger partial charge in [0.15, 0.2) is 0 Å². The second-order valence-corrected chi connectivity index (χ2v) is 6.30. The molecule has 0 aliphatic heterocycles. The molecule has 0 heterocycles. The molecule has 3 N–H and O–H groups in total. The van der Waals surface area contributed by atoms with Crippen molar-refractivity contribution in [3.63, 3.8) is 0 Å². The monoisotopic (exact) mass is 306 g/mol. The lowest BCUT2D eigenvalue weighted by atomic mass is 10.1. The molecule has 5 nitrogen and oxygen atoms in total. The Kier molecular flexibility index (Phi) is 6.07. The SMILES string of the molecule is C[C@H](CNC(=O)Nc1ccc(OCC2CC2)cc1)C[C@@H](C)O. The molecule has 0 spiro atoms. The lowest BCUT2D eigenvalue weighted by molar-refractivity contribution is 0.163. The number of amides is 2. The Morgan fingerprint density at radius 3 is 2.59 bits per heavy atom. The van der Waals surface area contributed by atoms with E-state index in [0.717, 1.165) is 24.0 Å². The average Bonchev–Trinajstić information content (AvgIpc) is 3.28. The van der Waals surface area contributed by atoms with Crippen LogP contribution >= 0.6 is 0 Å². The van der Waals surface area contributed by atoms with Gasteiger partial charge in [-0.15, -0.1) is 0 Å². The van der Waals surface area contributed by atoms with E-state index in [0.29, 0.717) is 13.0 Å². The lowest BCUT2D eigenvalue weighted by Crippen LogP contribution is -2.33. The van der Waals surface area contributed by atoms with Crippen molar-refractivity contribution in [3.05, 3.63) is 24.3 Å². The van der Waals surface area contributed by atoms with E-state index < -0.39 is 0 Å². The molecule has 0 bridgehead atoms. The van der Waals surface area contributed by atoms with Gasteiger partial charge in [-0.2, -0.15) is 0 Å². The number of benzene rings is 1. The van der Waals surface area contributed by atoms with Crippen molar-refractivity contribution in [2.24, 2.45) is 11.8 Å². The van der Waals surface area contributed by atoms with E-state index >= 15 is 0 Å². The number of carbonyl (C=O) groups excluding carboxylic acids is 1. The number of nitrogens with one attached hydrogen (secondary N) is 2. The van der Waals surface area contributed by atoms with Crippen molar-refractivity contribution in [1.29, 1.82) is 0 Å². The summed E-state index contributed by atoms with van der Waals surface area (Å²) in [6, 6.07) is 7.17. The van der Waals surface area contributed by atoms with Gasteiger partial charge in [-0.05, 0) is 62.3 Å². The number of ether oxygens (including phenoxy) is 1. The second kappa shape index (κ2) is 8.03. The minimum atomic E-state index is -0.344. The second-order valence-electron chi connectivity index (χ2n) is 6.30. The third kappa shape index (κ3) is 6.35. The number of aliphatic hydroxyl groups excluding tert-OH is 1. The van der Waals surface area contributed by atoms with Crippen molar-refractivity contribution in [1.82, 2.24) is 5.32 Å². The third-order valence-electron chi connectivity index (χ3n) is 3.65. The molecule has 1 aromatic carbocycles. The number of anilines is 1. The standard InChI is InChI=1S/C17H26N2O3/c1-12(9-13(2)20)10-18-17(21)19-15-5-7-16(8-6-15)22-11-14-3-4-14/h5-8,12-14,20H,3-4,9-11H2,1-2H3,(H2,18,19,21)/t12-,13+/m0/s1. The van der Waals surface area contributed by atoms with E-state index in [-0.39, 0.29) is 18.1 Å². The summed E-state index contributed by atoms with van der Waals surface area (Å²) in [6.07, 6.45) is 2.87. The molecule has 0 radical (unpaired) electrons. The Balaban J connectivity index is 1.69. The first-order chi connectivity index (χ1) is 10.5. The Morgan fingerprint density at radius 2 is 2.00 bits per heavy atom. The van der Waals surface area contributed by atoms with Gasteiger partial charge in [-0.25, -0.2) is 4.79 Å². The molecule has 1 aromatic rings. The van der Waals surface area contributed by atoms with Crippen LogP contribution in [0.3, 0.4) is 0 Å². The number of carbonyl (C=O) groups is 1. The van der Waals surface area contributed by atoms with Gasteiger partial charge in [0.25, 0.3) is 0 Å². The molecule has 1 saturated carbocycles. The number of rotatable bonds is 8. The van der Waals surface area contributed by atoms with Crippen molar-refractivity contribution in [3.8, 4) is 5.75 Å². The number of urea groups is 1. The van der Waals surface area contributed by atoms with Gasteiger partial charge >= 0.3 is 6.03 Å². The first-order valence-electron chi connectivity index (χ1n) is 7.98. The van der Waals surface area contributed by atoms with E-state index in [4.69, 9.17) is 4.74 Å². The van der Waals surface area contributed by atoms with Crippen LogP contribution in [0.4, 0.5) is 10.5 Å². The summed E-state index contributed by atoms with van der Waals surface area (Å²) < 4.78 is 5.65. The molecule has 0 unspecified atom stereocenters. The van der Waals surface area contributed by atoms with Crippen LogP contribution in [0.15, 0.2) is 24.3 Å². The normalized spacial score (nSPS) is 16.7. The average molecular weight is 306 g/mol. The van der Waals surface area contributed by atoms with Gasteiger partial charge in [0, 0.05) is 12.2 Å². The zero-order valence-corrected chi connectivity index (χ0v) is 13.3. The van der Waals surface area contributed by atoms with Gasteiger partial charge in [0.05, 0.1) is 12.7 Å². The fraction of sp³-hybridized carbons (Fsp3) is 0.588. The minimum absolute atomic E-state index is 0.232. The predicted octanol–water partition coefficient (Wildman–Crippen LogP) is 3.00. The maximum atomic E-state index is 11.8. The Labute approximate surface area is 132 Å². The van der Waals surface area contributed by atoms with Crippen LogP contribution in [0.2, 0.25) is 0 Å². The Hall–Kier alpha value is -1.75. The first-order valence-corrected chi connectivity index (χ1v) is 7.98. The molecule has 1 aliphatic carbocycles. The highest BCUT2D eigenvalue weighted by Crippen LogP contribution is 2.29. The van der Waals surface area contributed by atoms with Crippen LogP contribution < -0.4 is 15.4 Å². The highest BCUT2D eigenvalue weighted by Gasteiger charge is 2.21. The highest BCUT2D eigenvalue weighted by molar-refractivity contribution is 5.89. The van der Waals surface area contributed by atoms with E-state index in [2.05, 4.69) is 10.6 Å². The topological polar surface area (TPSA) is 70.6 Å². The molecule has 5 heteroatoms. The fourth-order valence-corrected chi connectivity index (χ4v) is 2.24. The van der Waals surface area contributed by atoms with Crippen molar-refractivity contribution >= 4 is 11.7 Å². The van der Waals surface area contributed by atoms with Crippen LogP contribution in [0.5, 0.6) is 5.75 Å². The molecule has 0 saturated heterocycles. The summed E-state index contributed by atoms with van der Waals surface area (Å²) in [4.78, 5) is 11.8. The van der Waals surface area contributed by atoms with E-state index in [9.17, 15) is 9.90 Å². The molecule has 1 aliphatic rings. The zero-order valence-electron chi connectivity index (χ0n) is 13.3. The maximum Gasteiger partial charge on any atom is 0.319 e. The van der Waals surface area contributed by atoms with E-state index in [1.54, 1.807) is 6.92 Å². The molecule has 1 fully saturated rings. The van der Waals surface area contributed by atoms with E-state index in [1.165, 1.54) is 12.8 Å². The predicted molar refractivity (Wildman–Crippen MR) is 87.1 cm³/mol. The molecule has 2 atom stereocenters. The summed E-state index contributed by atoms with van der Waals surface area (Å²) in [5.41, 5.74) is 0.736. The highest BCUT2D eigenvalue weighted by atomic mass is 16.5. The van der Waals surface area contributed by atoms with Crippen LogP contribution in [-0.2, 0) is 0 Å². The molecular formula is C17H26N2O3. The number of hydrogen-bond acceptors (Lipinski definition) is 3. The van der Waals surface area contributed by atoms with Gasteiger partial charge < -0.3 is 20.5 Å². The van der Waals surface area contributed by atoms with Crippen LogP contribution in [-0.4, -0.2) is 30.4 Å². The quantitative estimate of drug-likeness (QED) is 0.691. The fourth-order valence-electron chi connectivity index (χ4n) is 2.24. The van der Waals surface area contributed by atoms with Gasteiger partial charge in [-0.1, -0.05) is 6.92 Å². The summed E-state index contributed by atoms with van der Waals surface area (Å²) in [7, 11) is 0. The van der Waals surface area contributed by atoms with Crippen LogP contribution in [0.25, 0.3) is 0 Å². The number of aliphatic hydroxyl groups is 1. The Bertz CT molecular complexity index is 469. The van der Waals surface area contributed by atoms with Crippen molar-refractivity contribution in [2.45, 2.75) is 39.2 Å². The van der Waals surface area contributed by atoms with Crippen LogP contribution in [0.1, 0.15) is 33.1 Å². The molecule has 2 amide bonds. The summed E-state index contributed by atoms with van der Waals surface area (Å²) in [5.74, 6) is 1.81. The van der Waals surface area contributed by atoms with Crippen molar-refractivity contribution < 1.29 is 14.6 Å². The molecule has 2 rings (SSSR count). The lowest BCUT2D eigenvalue weighted by Gasteiger charge is -2.14. The summed E-state index contributed by atoms with van der Waals surface area (Å²) in [6.45, 7) is 5.08. The smallest absolute Gasteiger partial charge is 0.319 e. The van der Waals surface area contributed by atoms with E-state index in [1.807, 2.05) is 31.2 Å². The molecular weight excluding hydrogens is 280 g/mol. The maximum absolute atomic E-state index is 11.8. The molecule has 122 valence electrons. The molecule has 22 heavy (non-hydrogen) atoms. The third-order valence-corrected chi connectivity index (χ3v) is 3.65. The largest absolute Gasteiger partial charge is 0.493 e. The first kappa shape index (κ1) is 16.6. The van der Waals surface area contributed by atoms with Crippen molar-refractivity contribution in [2.75, 3.05) is 18.5 Å².